The van der Waals surface area contributed by atoms with E-state index in [0.717, 1.165) is 17.8 Å². The zero-order valence-corrected chi connectivity index (χ0v) is 16.0. The van der Waals surface area contributed by atoms with Crippen LogP contribution in [0.2, 0.25) is 0 Å². The molecule has 0 spiro atoms. The molecule has 25 heavy (non-hydrogen) atoms. The number of benzene rings is 1. The number of nitrogens with zero attached hydrogens (tertiary/aromatic N) is 1. The van der Waals surface area contributed by atoms with E-state index in [4.69, 9.17) is 0 Å². The molecule has 2 aromatic rings. The van der Waals surface area contributed by atoms with Crippen molar-refractivity contribution in [2.75, 3.05) is 5.32 Å². The van der Waals surface area contributed by atoms with Crippen molar-refractivity contribution in [3.63, 3.8) is 0 Å². The number of amides is 2. The summed E-state index contributed by atoms with van der Waals surface area (Å²) in [6.07, 6.45) is 4.17. The van der Waals surface area contributed by atoms with E-state index in [9.17, 15) is 9.59 Å². The Bertz CT molecular complexity index is 743. The molecule has 6 heteroatoms. The van der Waals surface area contributed by atoms with Gasteiger partial charge in [-0.1, -0.05) is 26.8 Å². The first-order valence-corrected chi connectivity index (χ1v) is 9.46. The van der Waals surface area contributed by atoms with Crippen LogP contribution in [-0.2, 0) is 28.0 Å². The Kier molecular flexibility index (Phi) is 6.31. The standard InChI is InChI=1S/C19H25N3O2S/c1-5-13-8-9-15(12-14(13)6-2)21-16(23)17(24)22-19(4,7-3)18-20-10-11-25-18/h8-12H,5-7H2,1-4H3,(H,21,23)(H,22,24)/t19-/m1/s1. The van der Waals surface area contributed by atoms with Gasteiger partial charge in [0.2, 0.25) is 0 Å². The summed E-state index contributed by atoms with van der Waals surface area (Å²) >= 11 is 1.46. The Morgan fingerprint density at radius 3 is 2.40 bits per heavy atom. The summed E-state index contributed by atoms with van der Waals surface area (Å²) in [5.41, 5.74) is 2.43. The Morgan fingerprint density at radius 2 is 1.84 bits per heavy atom. The smallest absolute Gasteiger partial charge is 0.313 e. The highest BCUT2D eigenvalue weighted by atomic mass is 32.1. The van der Waals surface area contributed by atoms with E-state index in [-0.39, 0.29) is 0 Å². The Labute approximate surface area is 152 Å². The summed E-state index contributed by atoms with van der Waals surface area (Å²) in [4.78, 5) is 28.9. The highest BCUT2D eigenvalue weighted by molar-refractivity contribution is 7.09. The Morgan fingerprint density at radius 1 is 1.12 bits per heavy atom. The number of hydrogen-bond donors (Lipinski definition) is 2. The van der Waals surface area contributed by atoms with E-state index < -0.39 is 17.4 Å². The lowest BCUT2D eigenvalue weighted by molar-refractivity contribution is -0.137. The third kappa shape index (κ3) is 4.45. The lowest BCUT2D eigenvalue weighted by Crippen LogP contribution is -2.47. The third-order valence-corrected chi connectivity index (χ3v) is 5.47. The second-order valence-electron chi connectivity index (χ2n) is 6.12. The molecule has 0 fully saturated rings. The summed E-state index contributed by atoms with van der Waals surface area (Å²) in [5.74, 6) is -1.32. The van der Waals surface area contributed by atoms with Crippen molar-refractivity contribution in [2.45, 2.75) is 52.5 Å². The molecule has 0 aliphatic rings. The van der Waals surface area contributed by atoms with Crippen LogP contribution in [-0.4, -0.2) is 16.8 Å². The molecule has 0 saturated heterocycles. The molecule has 5 nitrogen and oxygen atoms in total. The summed E-state index contributed by atoms with van der Waals surface area (Å²) in [6.45, 7) is 8.01. The van der Waals surface area contributed by atoms with Gasteiger partial charge in [0.05, 0.1) is 5.54 Å². The van der Waals surface area contributed by atoms with Crippen molar-refractivity contribution in [3.8, 4) is 0 Å². The molecule has 0 aliphatic heterocycles. The predicted molar refractivity (Wildman–Crippen MR) is 102 cm³/mol. The number of hydrogen-bond acceptors (Lipinski definition) is 4. The van der Waals surface area contributed by atoms with Crippen LogP contribution < -0.4 is 10.6 Å². The maximum absolute atomic E-state index is 12.3. The van der Waals surface area contributed by atoms with Crippen LogP contribution in [0.5, 0.6) is 0 Å². The van der Waals surface area contributed by atoms with Crippen molar-refractivity contribution in [3.05, 3.63) is 45.9 Å². The number of anilines is 1. The molecule has 0 unspecified atom stereocenters. The fourth-order valence-electron chi connectivity index (χ4n) is 2.66. The minimum Gasteiger partial charge on any atom is -0.336 e. The van der Waals surface area contributed by atoms with Gasteiger partial charge in [-0.3, -0.25) is 9.59 Å². The van der Waals surface area contributed by atoms with Crippen molar-refractivity contribution >= 4 is 28.8 Å². The fraction of sp³-hybridized carbons (Fsp3) is 0.421. The summed E-state index contributed by atoms with van der Waals surface area (Å²) in [6, 6.07) is 5.77. The largest absolute Gasteiger partial charge is 0.336 e. The van der Waals surface area contributed by atoms with Gasteiger partial charge < -0.3 is 10.6 Å². The fourth-order valence-corrected chi connectivity index (χ4v) is 3.49. The number of thiazole rings is 1. The zero-order valence-electron chi connectivity index (χ0n) is 15.2. The second-order valence-corrected chi connectivity index (χ2v) is 7.02. The highest BCUT2D eigenvalue weighted by Crippen LogP contribution is 2.26. The second kappa shape index (κ2) is 8.25. The first-order valence-electron chi connectivity index (χ1n) is 8.58. The summed E-state index contributed by atoms with van der Waals surface area (Å²) < 4.78 is 0. The van der Waals surface area contributed by atoms with Crippen LogP contribution in [0.3, 0.4) is 0 Å². The number of carbonyl (C=O) groups excluding carboxylic acids is 2. The number of aryl methyl sites for hydroxylation is 2. The number of carbonyl (C=O) groups is 2. The lowest BCUT2D eigenvalue weighted by atomic mass is 10.00. The van der Waals surface area contributed by atoms with Gasteiger partial charge in [-0.15, -0.1) is 11.3 Å². The van der Waals surface area contributed by atoms with Gasteiger partial charge in [0.25, 0.3) is 0 Å². The SMILES string of the molecule is CCc1ccc(NC(=O)C(=O)N[C@](C)(CC)c2nccs2)cc1CC. The van der Waals surface area contributed by atoms with Gasteiger partial charge in [-0.25, -0.2) is 4.98 Å². The first kappa shape index (κ1) is 19.1. The van der Waals surface area contributed by atoms with E-state index in [0.29, 0.717) is 12.1 Å². The molecule has 2 N–H and O–H groups in total. The molecule has 1 aromatic carbocycles. The van der Waals surface area contributed by atoms with Crippen LogP contribution >= 0.6 is 11.3 Å². The molecular formula is C19H25N3O2S. The van der Waals surface area contributed by atoms with Crippen LogP contribution in [0.4, 0.5) is 5.69 Å². The highest BCUT2D eigenvalue weighted by Gasteiger charge is 2.31. The minimum absolute atomic E-state index is 0.640. The maximum Gasteiger partial charge on any atom is 0.313 e. The molecular weight excluding hydrogens is 334 g/mol. The first-order chi connectivity index (χ1) is 11.9. The van der Waals surface area contributed by atoms with Gasteiger partial charge in [0.1, 0.15) is 5.01 Å². The molecule has 0 radical (unpaired) electrons. The van der Waals surface area contributed by atoms with E-state index in [1.54, 1.807) is 6.20 Å². The topological polar surface area (TPSA) is 71.1 Å². The van der Waals surface area contributed by atoms with Crippen LogP contribution in [0.25, 0.3) is 0 Å². The number of aromatic nitrogens is 1. The number of rotatable bonds is 6. The monoisotopic (exact) mass is 359 g/mol. The average Bonchev–Trinajstić information content (AvgIpc) is 3.16. The minimum atomic E-state index is -0.664. The van der Waals surface area contributed by atoms with Crippen molar-refractivity contribution in [1.29, 1.82) is 0 Å². The zero-order chi connectivity index (χ0) is 18.4. The van der Waals surface area contributed by atoms with Gasteiger partial charge in [-0.05, 0) is 49.4 Å². The normalized spacial score (nSPS) is 13.1. The molecule has 2 amide bonds. The van der Waals surface area contributed by atoms with Gasteiger partial charge in [0, 0.05) is 17.3 Å². The molecule has 0 aliphatic carbocycles. The Hall–Kier alpha value is -2.21. The van der Waals surface area contributed by atoms with E-state index >= 15 is 0 Å². The average molecular weight is 359 g/mol. The van der Waals surface area contributed by atoms with Crippen molar-refractivity contribution < 1.29 is 9.59 Å². The van der Waals surface area contributed by atoms with E-state index in [2.05, 4.69) is 29.5 Å². The van der Waals surface area contributed by atoms with Gasteiger partial charge in [-0.2, -0.15) is 0 Å². The molecule has 1 heterocycles. The van der Waals surface area contributed by atoms with Gasteiger partial charge >= 0.3 is 11.8 Å². The van der Waals surface area contributed by atoms with Crippen LogP contribution in [0.1, 0.15) is 50.3 Å². The van der Waals surface area contributed by atoms with Crippen LogP contribution in [0, 0.1) is 0 Å². The molecule has 0 saturated carbocycles. The third-order valence-electron chi connectivity index (χ3n) is 4.43. The lowest BCUT2D eigenvalue weighted by Gasteiger charge is -2.27. The molecule has 1 atom stereocenters. The van der Waals surface area contributed by atoms with Crippen LogP contribution in [0.15, 0.2) is 29.8 Å². The quantitative estimate of drug-likeness (QED) is 0.774. The summed E-state index contributed by atoms with van der Waals surface area (Å²) in [7, 11) is 0. The Balaban J connectivity index is 2.09. The molecule has 1 aromatic heterocycles. The molecule has 134 valence electrons. The maximum atomic E-state index is 12.3. The predicted octanol–water partition coefficient (Wildman–Crippen LogP) is 3.65. The van der Waals surface area contributed by atoms with E-state index in [1.165, 1.54) is 22.5 Å². The molecule has 2 rings (SSSR count). The van der Waals surface area contributed by atoms with Gasteiger partial charge in [0.15, 0.2) is 0 Å². The van der Waals surface area contributed by atoms with E-state index in [1.807, 2.05) is 37.4 Å². The summed E-state index contributed by atoms with van der Waals surface area (Å²) in [5, 5.41) is 8.15. The van der Waals surface area contributed by atoms with Crippen molar-refractivity contribution in [1.82, 2.24) is 10.3 Å². The van der Waals surface area contributed by atoms with Crippen molar-refractivity contribution in [2.24, 2.45) is 0 Å². The molecule has 0 bridgehead atoms. The number of nitrogens with one attached hydrogen (secondary N) is 2.